The van der Waals surface area contributed by atoms with E-state index in [9.17, 15) is 14.9 Å². The zero-order valence-corrected chi connectivity index (χ0v) is 5.49. The summed E-state index contributed by atoms with van der Waals surface area (Å²) in [6, 6.07) is 0. The molecule has 0 fully saturated rings. The SMILES string of the molecule is C=C(COC(C)=O)[N+](=O)[O-]. The second kappa shape index (κ2) is 3.60. The largest absolute Gasteiger partial charge is 0.454 e. The van der Waals surface area contributed by atoms with Crippen molar-refractivity contribution in [2.24, 2.45) is 0 Å². The van der Waals surface area contributed by atoms with Crippen molar-refractivity contribution in [3.8, 4) is 0 Å². The van der Waals surface area contributed by atoms with Crippen LogP contribution in [0.3, 0.4) is 0 Å². The lowest BCUT2D eigenvalue weighted by Gasteiger charge is -1.96. The van der Waals surface area contributed by atoms with E-state index in [1.54, 1.807) is 0 Å². The molecule has 0 aromatic heterocycles. The highest BCUT2D eigenvalue weighted by molar-refractivity contribution is 5.66. The standard InChI is InChI=1S/C5H7NO4/c1-4(6(8)9)3-10-5(2)7/h1,3H2,2H3. The van der Waals surface area contributed by atoms with Gasteiger partial charge in [0.15, 0.2) is 6.61 Å². The van der Waals surface area contributed by atoms with E-state index in [1.807, 2.05) is 0 Å². The average molecular weight is 145 g/mol. The highest BCUT2D eigenvalue weighted by Crippen LogP contribution is 1.91. The number of carbonyl (C=O) groups is 1. The predicted octanol–water partition coefficient (Wildman–Crippen LogP) is 0.340. The maximum absolute atomic E-state index is 10.1. The topological polar surface area (TPSA) is 69.4 Å². The summed E-state index contributed by atoms with van der Waals surface area (Å²) in [5.41, 5.74) is -0.324. The molecular weight excluding hydrogens is 138 g/mol. The molecule has 0 aromatic rings. The molecule has 0 heterocycles. The first-order valence-corrected chi connectivity index (χ1v) is 2.49. The Morgan fingerprint density at radius 3 is 2.60 bits per heavy atom. The van der Waals surface area contributed by atoms with Gasteiger partial charge >= 0.3 is 5.97 Å². The van der Waals surface area contributed by atoms with Crippen molar-refractivity contribution in [2.75, 3.05) is 6.61 Å². The normalized spacial score (nSPS) is 8.50. The van der Waals surface area contributed by atoms with Gasteiger partial charge in [-0.15, -0.1) is 0 Å². The van der Waals surface area contributed by atoms with Crippen LogP contribution in [-0.2, 0) is 9.53 Å². The van der Waals surface area contributed by atoms with Crippen molar-refractivity contribution in [3.63, 3.8) is 0 Å². The van der Waals surface area contributed by atoms with Crippen molar-refractivity contribution in [1.29, 1.82) is 0 Å². The fourth-order valence-electron chi connectivity index (χ4n) is 0.238. The third-order valence-electron chi connectivity index (χ3n) is 0.700. The van der Waals surface area contributed by atoms with Crippen LogP contribution in [-0.4, -0.2) is 17.5 Å². The number of hydrogen-bond donors (Lipinski definition) is 0. The first-order valence-electron chi connectivity index (χ1n) is 2.49. The van der Waals surface area contributed by atoms with Crippen molar-refractivity contribution in [3.05, 3.63) is 22.4 Å². The maximum atomic E-state index is 10.1. The summed E-state index contributed by atoms with van der Waals surface area (Å²) < 4.78 is 4.28. The predicted molar refractivity (Wildman–Crippen MR) is 32.8 cm³/mol. The highest BCUT2D eigenvalue weighted by atomic mass is 16.6. The molecule has 5 heteroatoms. The van der Waals surface area contributed by atoms with Gasteiger partial charge in [-0.2, -0.15) is 0 Å². The van der Waals surface area contributed by atoms with Crippen molar-refractivity contribution in [1.82, 2.24) is 0 Å². The molecule has 0 aliphatic heterocycles. The van der Waals surface area contributed by atoms with Crippen LogP contribution in [0.2, 0.25) is 0 Å². The molecule has 0 unspecified atom stereocenters. The summed E-state index contributed by atoms with van der Waals surface area (Å²) in [6.45, 7) is 3.88. The van der Waals surface area contributed by atoms with Crippen LogP contribution < -0.4 is 0 Å². The summed E-state index contributed by atoms with van der Waals surface area (Å²) in [4.78, 5) is 19.2. The number of nitro groups is 1. The number of nitrogens with zero attached hydrogens (tertiary/aromatic N) is 1. The second-order valence-electron chi connectivity index (χ2n) is 1.60. The summed E-state index contributed by atoms with van der Waals surface area (Å²) >= 11 is 0. The van der Waals surface area contributed by atoms with Gasteiger partial charge in [0.05, 0.1) is 4.92 Å². The van der Waals surface area contributed by atoms with Crippen molar-refractivity contribution >= 4 is 5.97 Å². The van der Waals surface area contributed by atoms with Gasteiger partial charge in [-0.3, -0.25) is 14.9 Å². The molecule has 10 heavy (non-hydrogen) atoms. The Hall–Kier alpha value is -1.39. The van der Waals surface area contributed by atoms with Crippen LogP contribution >= 0.6 is 0 Å². The first-order chi connectivity index (χ1) is 4.54. The summed E-state index contributed by atoms with van der Waals surface area (Å²) in [7, 11) is 0. The minimum absolute atomic E-state index is 0.324. The molecule has 0 aromatic carbocycles. The van der Waals surface area contributed by atoms with Gasteiger partial charge in [-0.25, -0.2) is 0 Å². The minimum Gasteiger partial charge on any atom is -0.454 e. The number of rotatable bonds is 3. The van der Waals surface area contributed by atoms with Gasteiger partial charge in [0.1, 0.15) is 0 Å². The van der Waals surface area contributed by atoms with Gasteiger partial charge < -0.3 is 4.74 Å². The zero-order valence-electron chi connectivity index (χ0n) is 5.49. The van der Waals surface area contributed by atoms with Gasteiger partial charge in [0.2, 0.25) is 0 Å². The van der Waals surface area contributed by atoms with E-state index in [0.717, 1.165) is 0 Å². The van der Waals surface area contributed by atoms with Crippen LogP contribution in [0.25, 0.3) is 0 Å². The summed E-state index contributed by atoms with van der Waals surface area (Å²) in [6.07, 6.45) is 0. The molecule has 0 amide bonds. The molecule has 56 valence electrons. The smallest absolute Gasteiger partial charge is 0.303 e. The number of ether oxygens (including phenoxy) is 1. The molecule has 0 rings (SSSR count). The van der Waals surface area contributed by atoms with E-state index in [2.05, 4.69) is 11.3 Å². The Morgan fingerprint density at radius 2 is 2.30 bits per heavy atom. The third-order valence-corrected chi connectivity index (χ3v) is 0.700. The number of esters is 1. The minimum atomic E-state index is -0.692. The molecule has 0 N–H and O–H groups in total. The van der Waals surface area contributed by atoms with Crippen molar-refractivity contribution in [2.45, 2.75) is 6.92 Å². The summed E-state index contributed by atoms with van der Waals surface area (Å²) in [5, 5.41) is 9.83. The molecular formula is C5H7NO4. The lowest BCUT2D eigenvalue weighted by molar-refractivity contribution is -0.429. The van der Waals surface area contributed by atoms with E-state index in [4.69, 9.17) is 0 Å². The quantitative estimate of drug-likeness (QED) is 0.326. The van der Waals surface area contributed by atoms with E-state index in [1.165, 1.54) is 6.92 Å². The first kappa shape index (κ1) is 8.61. The Balaban J connectivity index is 3.60. The van der Waals surface area contributed by atoms with Gasteiger partial charge in [-0.05, 0) is 6.58 Å². The number of carbonyl (C=O) groups excluding carboxylic acids is 1. The maximum Gasteiger partial charge on any atom is 0.303 e. The molecule has 5 nitrogen and oxygen atoms in total. The Kier molecular flexibility index (Phi) is 3.10. The van der Waals surface area contributed by atoms with Crippen LogP contribution in [0.15, 0.2) is 12.3 Å². The third kappa shape index (κ3) is 3.59. The fourth-order valence-corrected chi connectivity index (χ4v) is 0.238. The van der Waals surface area contributed by atoms with Gasteiger partial charge in [0, 0.05) is 6.92 Å². The molecule has 0 bridgehead atoms. The Bertz CT molecular complexity index is 174. The van der Waals surface area contributed by atoms with Gasteiger partial charge in [0.25, 0.3) is 5.70 Å². The molecule has 0 saturated heterocycles. The average Bonchev–Trinajstić information content (AvgIpc) is 1.82. The molecule has 0 atom stereocenters. The van der Waals surface area contributed by atoms with E-state index >= 15 is 0 Å². The van der Waals surface area contributed by atoms with Crippen molar-refractivity contribution < 1.29 is 14.5 Å². The molecule has 0 aliphatic carbocycles. The van der Waals surface area contributed by atoms with E-state index in [0.29, 0.717) is 0 Å². The lowest BCUT2D eigenvalue weighted by atomic mass is 10.5. The monoisotopic (exact) mass is 145 g/mol. The summed E-state index contributed by atoms with van der Waals surface area (Å²) in [5.74, 6) is -0.553. The molecule has 0 radical (unpaired) electrons. The molecule has 0 aliphatic rings. The van der Waals surface area contributed by atoms with Crippen LogP contribution in [0.4, 0.5) is 0 Å². The Labute approximate surface area is 57.4 Å². The Morgan fingerprint density at radius 1 is 1.80 bits per heavy atom. The van der Waals surface area contributed by atoms with Crippen LogP contribution in [0.5, 0.6) is 0 Å². The highest BCUT2D eigenvalue weighted by Gasteiger charge is 2.07. The van der Waals surface area contributed by atoms with E-state index in [-0.39, 0.29) is 12.3 Å². The van der Waals surface area contributed by atoms with Gasteiger partial charge in [-0.1, -0.05) is 0 Å². The molecule has 0 spiro atoms. The fraction of sp³-hybridized carbons (Fsp3) is 0.400. The van der Waals surface area contributed by atoms with Crippen LogP contribution in [0.1, 0.15) is 6.92 Å². The lowest BCUT2D eigenvalue weighted by Crippen LogP contribution is -2.08. The van der Waals surface area contributed by atoms with E-state index < -0.39 is 10.9 Å². The van der Waals surface area contributed by atoms with Crippen LogP contribution in [0, 0.1) is 10.1 Å². The number of hydrogen-bond acceptors (Lipinski definition) is 4. The zero-order chi connectivity index (χ0) is 8.15. The molecule has 0 saturated carbocycles. The second-order valence-corrected chi connectivity index (χ2v) is 1.60.